The molecule has 2 nitrogen and oxygen atoms in total. The van der Waals surface area contributed by atoms with Crippen LogP contribution in [0.3, 0.4) is 0 Å². The number of benzene rings is 1. The lowest BCUT2D eigenvalue weighted by Crippen LogP contribution is -1.99. The Morgan fingerprint density at radius 3 is 3.00 bits per heavy atom. The van der Waals surface area contributed by atoms with Crippen molar-refractivity contribution in [2.24, 2.45) is 0 Å². The van der Waals surface area contributed by atoms with E-state index in [9.17, 15) is 0 Å². The van der Waals surface area contributed by atoms with Crippen molar-refractivity contribution in [1.82, 2.24) is 4.98 Å². The molecule has 0 aliphatic heterocycles. The van der Waals surface area contributed by atoms with Crippen molar-refractivity contribution < 1.29 is 0 Å². The summed E-state index contributed by atoms with van der Waals surface area (Å²) in [7, 11) is 0. The second-order valence-corrected chi connectivity index (χ2v) is 5.17. The average molecular weight is 304 g/mol. The molecule has 0 aliphatic carbocycles. The smallest absolute Gasteiger partial charge is 0.112 e. The molecular weight excluding hydrogens is 296 g/mol. The van der Waals surface area contributed by atoms with Gasteiger partial charge in [-0.15, -0.1) is 11.3 Å². The highest BCUT2D eigenvalue weighted by molar-refractivity contribution is 9.10. The van der Waals surface area contributed by atoms with Gasteiger partial charge in [-0.25, -0.2) is 4.98 Å². The van der Waals surface area contributed by atoms with Gasteiger partial charge in [0.25, 0.3) is 0 Å². The Morgan fingerprint density at radius 1 is 1.47 bits per heavy atom. The topological polar surface area (TPSA) is 24.9 Å². The zero-order valence-corrected chi connectivity index (χ0v) is 10.9. The summed E-state index contributed by atoms with van der Waals surface area (Å²) in [6.45, 7) is 0.734. The lowest BCUT2D eigenvalue weighted by Gasteiger charge is -2.06. The normalized spacial score (nSPS) is 10.3. The first-order chi connectivity index (χ1) is 7.25. The highest BCUT2D eigenvalue weighted by Crippen LogP contribution is 2.26. The van der Waals surface area contributed by atoms with Crippen LogP contribution < -0.4 is 5.32 Å². The Kier molecular flexibility index (Phi) is 3.61. The van der Waals surface area contributed by atoms with E-state index >= 15 is 0 Å². The molecular formula is C10H8BrClN2S. The summed E-state index contributed by atoms with van der Waals surface area (Å²) < 4.78 is 0.964. The van der Waals surface area contributed by atoms with E-state index in [1.54, 1.807) is 17.5 Å². The van der Waals surface area contributed by atoms with Crippen LogP contribution in [0.5, 0.6) is 0 Å². The van der Waals surface area contributed by atoms with Gasteiger partial charge in [-0.3, -0.25) is 0 Å². The SMILES string of the molecule is Clc1ccc(NCc2nccs2)c(Br)c1. The predicted molar refractivity (Wildman–Crippen MR) is 68.6 cm³/mol. The van der Waals surface area contributed by atoms with Gasteiger partial charge in [0.05, 0.1) is 6.54 Å². The van der Waals surface area contributed by atoms with Crippen molar-refractivity contribution in [3.8, 4) is 0 Å². The van der Waals surface area contributed by atoms with E-state index in [2.05, 4.69) is 26.2 Å². The third-order valence-corrected chi connectivity index (χ3v) is 3.52. The fourth-order valence-corrected chi connectivity index (χ4v) is 2.52. The number of halogens is 2. The first-order valence-corrected chi connectivity index (χ1v) is 6.38. The lowest BCUT2D eigenvalue weighted by atomic mass is 10.3. The molecule has 1 aromatic carbocycles. The summed E-state index contributed by atoms with van der Waals surface area (Å²) in [5, 5.41) is 7.04. The van der Waals surface area contributed by atoms with Crippen molar-refractivity contribution in [3.63, 3.8) is 0 Å². The Bertz CT molecular complexity index is 445. The maximum atomic E-state index is 5.85. The van der Waals surface area contributed by atoms with E-state index in [4.69, 9.17) is 11.6 Å². The van der Waals surface area contributed by atoms with Crippen LogP contribution >= 0.6 is 38.9 Å². The van der Waals surface area contributed by atoms with Crippen LogP contribution in [0.1, 0.15) is 5.01 Å². The number of hydrogen-bond acceptors (Lipinski definition) is 3. The van der Waals surface area contributed by atoms with E-state index in [1.807, 2.05) is 23.6 Å². The van der Waals surface area contributed by atoms with Gasteiger partial charge in [-0.2, -0.15) is 0 Å². The maximum Gasteiger partial charge on any atom is 0.112 e. The molecule has 0 aliphatic rings. The summed E-state index contributed by atoms with van der Waals surface area (Å²) >= 11 is 10.9. The first-order valence-electron chi connectivity index (χ1n) is 4.33. The highest BCUT2D eigenvalue weighted by atomic mass is 79.9. The summed E-state index contributed by atoms with van der Waals surface area (Å²) in [5.74, 6) is 0. The highest BCUT2D eigenvalue weighted by Gasteiger charge is 2.01. The molecule has 0 unspecified atom stereocenters. The van der Waals surface area contributed by atoms with Gasteiger partial charge < -0.3 is 5.32 Å². The van der Waals surface area contributed by atoms with E-state index in [0.717, 1.165) is 26.7 Å². The van der Waals surface area contributed by atoms with Gasteiger partial charge in [0.1, 0.15) is 5.01 Å². The predicted octanol–water partition coefficient (Wildman–Crippen LogP) is 4.17. The molecule has 0 saturated heterocycles. The summed E-state index contributed by atoms with van der Waals surface area (Å²) in [6, 6.07) is 5.67. The molecule has 0 amide bonds. The molecule has 1 aromatic heterocycles. The van der Waals surface area contributed by atoms with Crippen LogP contribution in [0, 0.1) is 0 Å². The Hall–Kier alpha value is -0.580. The molecule has 5 heteroatoms. The number of nitrogens with zero attached hydrogens (tertiary/aromatic N) is 1. The molecule has 0 saturated carbocycles. The molecule has 1 N–H and O–H groups in total. The Labute approximate surface area is 105 Å². The van der Waals surface area contributed by atoms with Crippen LogP contribution in [-0.4, -0.2) is 4.98 Å². The fraction of sp³-hybridized carbons (Fsp3) is 0.100. The number of rotatable bonds is 3. The van der Waals surface area contributed by atoms with Crippen LogP contribution in [0.15, 0.2) is 34.2 Å². The standard InChI is InChI=1S/C10H8BrClN2S/c11-8-5-7(12)1-2-9(8)14-6-10-13-3-4-15-10/h1-5,14H,6H2. The summed E-state index contributed by atoms with van der Waals surface area (Å²) in [5.41, 5.74) is 1.02. The second kappa shape index (κ2) is 4.96. The first kappa shape index (κ1) is 10.9. The van der Waals surface area contributed by atoms with Gasteiger partial charge in [-0.1, -0.05) is 11.6 Å². The van der Waals surface area contributed by atoms with Crippen molar-refractivity contribution in [1.29, 1.82) is 0 Å². The van der Waals surface area contributed by atoms with Crippen LogP contribution in [0.2, 0.25) is 5.02 Å². The molecule has 2 aromatic rings. The second-order valence-electron chi connectivity index (χ2n) is 2.90. The molecule has 1 heterocycles. The van der Waals surface area contributed by atoms with Crippen molar-refractivity contribution in [2.45, 2.75) is 6.54 Å². The Balaban J connectivity index is 2.05. The molecule has 15 heavy (non-hydrogen) atoms. The van der Waals surface area contributed by atoms with Crippen molar-refractivity contribution in [2.75, 3.05) is 5.32 Å². The number of anilines is 1. The lowest BCUT2D eigenvalue weighted by molar-refractivity contribution is 1.10. The van der Waals surface area contributed by atoms with Crippen molar-refractivity contribution in [3.05, 3.63) is 44.3 Å². The minimum absolute atomic E-state index is 0.724. The van der Waals surface area contributed by atoms with Gasteiger partial charge in [-0.05, 0) is 34.1 Å². The number of nitrogens with one attached hydrogen (secondary N) is 1. The van der Waals surface area contributed by atoms with E-state index < -0.39 is 0 Å². The monoisotopic (exact) mass is 302 g/mol. The van der Waals surface area contributed by atoms with E-state index in [1.165, 1.54) is 0 Å². The third kappa shape index (κ3) is 2.93. The van der Waals surface area contributed by atoms with Crippen LogP contribution in [0.4, 0.5) is 5.69 Å². The molecule has 0 spiro atoms. The van der Waals surface area contributed by atoms with E-state index in [0.29, 0.717) is 0 Å². The molecule has 0 fully saturated rings. The minimum atomic E-state index is 0.724. The van der Waals surface area contributed by atoms with Crippen LogP contribution in [0.25, 0.3) is 0 Å². The number of hydrogen-bond donors (Lipinski definition) is 1. The molecule has 0 radical (unpaired) electrons. The summed E-state index contributed by atoms with van der Waals surface area (Å²) in [4.78, 5) is 4.19. The van der Waals surface area contributed by atoms with Gasteiger partial charge in [0, 0.05) is 26.8 Å². The summed E-state index contributed by atoms with van der Waals surface area (Å²) in [6.07, 6.45) is 1.80. The van der Waals surface area contributed by atoms with Gasteiger partial charge in [0.15, 0.2) is 0 Å². The third-order valence-electron chi connectivity index (χ3n) is 1.84. The average Bonchev–Trinajstić information content (AvgIpc) is 2.69. The molecule has 2 rings (SSSR count). The molecule has 0 atom stereocenters. The molecule has 78 valence electrons. The van der Waals surface area contributed by atoms with E-state index in [-0.39, 0.29) is 0 Å². The van der Waals surface area contributed by atoms with Crippen molar-refractivity contribution >= 4 is 44.6 Å². The zero-order chi connectivity index (χ0) is 10.7. The number of aromatic nitrogens is 1. The largest absolute Gasteiger partial charge is 0.378 e. The quantitative estimate of drug-likeness (QED) is 0.920. The fourth-order valence-electron chi connectivity index (χ4n) is 1.14. The van der Waals surface area contributed by atoms with Crippen LogP contribution in [-0.2, 0) is 6.54 Å². The maximum absolute atomic E-state index is 5.85. The Morgan fingerprint density at radius 2 is 2.33 bits per heavy atom. The number of thiazole rings is 1. The van der Waals surface area contributed by atoms with Gasteiger partial charge >= 0.3 is 0 Å². The minimum Gasteiger partial charge on any atom is -0.378 e. The molecule has 0 bridgehead atoms. The zero-order valence-electron chi connectivity index (χ0n) is 7.71. The van der Waals surface area contributed by atoms with Gasteiger partial charge in [0.2, 0.25) is 0 Å².